The number of piperazine rings is 1. The van der Waals surface area contributed by atoms with Crippen molar-refractivity contribution in [2.75, 3.05) is 20.1 Å². The van der Waals surface area contributed by atoms with Crippen molar-refractivity contribution in [2.24, 2.45) is 5.92 Å². The second kappa shape index (κ2) is 7.86. The molecule has 2 aliphatic rings. The molecule has 0 bridgehead atoms. The summed E-state index contributed by atoms with van der Waals surface area (Å²) in [4.78, 5) is 40.9. The minimum absolute atomic E-state index is 0.0799. The summed E-state index contributed by atoms with van der Waals surface area (Å²) in [5.41, 5.74) is 0.917. The van der Waals surface area contributed by atoms with Gasteiger partial charge in [-0.25, -0.2) is 5.01 Å². The van der Waals surface area contributed by atoms with Crippen LogP contribution in [0.15, 0.2) is 24.3 Å². The van der Waals surface area contributed by atoms with Crippen molar-refractivity contribution in [3.63, 3.8) is 0 Å². The molecule has 1 unspecified atom stereocenters. The van der Waals surface area contributed by atoms with E-state index in [2.05, 4.69) is 0 Å². The van der Waals surface area contributed by atoms with Gasteiger partial charge in [0.15, 0.2) is 0 Å². The molecule has 146 valence electrons. The molecule has 8 heteroatoms. The third-order valence-electron chi connectivity index (χ3n) is 5.05. The zero-order chi connectivity index (χ0) is 19.7. The lowest BCUT2D eigenvalue weighted by Gasteiger charge is -2.54. The van der Waals surface area contributed by atoms with Gasteiger partial charge in [0.25, 0.3) is 0 Å². The molecule has 0 aliphatic carbocycles. The number of hydrazine groups is 1. The SMILES string of the molecule is CC(C)C[C@H]1C(=O)N(Cc2cccc(Cl)c2)CC2N1C(=O)CN(C)N2C=O. The highest BCUT2D eigenvalue weighted by molar-refractivity contribution is 6.30. The van der Waals surface area contributed by atoms with E-state index in [9.17, 15) is 14.4 Å². The number of likely N-dealkylation sites (N-methyl/N-ethyl adjacent to an activating group) is 1. The van der Waals surface area contributed by atoms with Gasteiger partial charge in [-0.1, -0.05) is 37.6 Å². The number of benzene rings is 1. The average molecular weight is 393 g/mol. The molecule has 3 rings (SSSR count). The number of hydrogen-bond acceptors (Lipinski definition) is 4. The van der Waals surface area contributed by atoms with Crippen LogP contribution in [0.25, 0.3) is 0 Å². The normalized spacial score (nSPS) is 23.8. The van der Waals surface area contributed by atoms with Gasteiger partial charge < -0.3 is 9.80 Å². The Hall–Kier alpha value is -2.12. The first kappa shape index (κ1) is 19.6. The van der Waals surface area contributed by atoms with Gasteiger partial charge in [-0.05, 0) is 30.0 Å². The Morgan fingerprint density at radius 2 is 2.04 bits per heavy atom. The second-order valence-electron chi connectivity index (χ2n) is 7.58. The van der Waals surface area contributed by atoms with E-state index >= 15 is 0 Å². The maximum atomic E-state index is 13.2. The summed E-state index contributed by atoms with van der Waals surface area (Å²) in [6.45, 7) is 4.80. The molecule has 2 atom stereocenters. The molecule has 1 aromatic carbocycles. The topological polar surface area (TPSA) is 64.2 Å². The number of nitrogens with zero attached hydrogens (tertiary/aromatic N) is 4. The molecule has 7 nitrogen and oxygen atoms in total. The first-order valence-corrected chi connectivity index (χ1v) is 9.48. The summed E-state index contributed by atoms with van der Waals surface area (Å²) in [7, 11) is 1.71. The lowest BCUT2D eigenvalue weighted by atomic mass is 9.97. The predicted octanol–water partition coefficient (Wildman–Crippen LogP) is 1.57. The number of carbonyl (C=O) groups is 3. The third kappa shape index (κ3) is 3.94. The molecule has 0 saturated carbocycles. The number of carbonyl (C=O) groups excluding carboxylic acids is 3. The predicted molar refractivity (Wildman–Crippen MR) is 101 cm³/mol. The molecule has 2 saturated heterocycles. The fourth-order valence-electron chi connectivity index (χ4n) is 3.86. The Morgan fingerprint density at radius 1 is 1.30 bits per heavy atom. The molecular formula is C19H25ClN4O3. The standard InChI is InChI=1S/C19H25ClN4O3/c1-13(2)7-16-19(27)22(9-14-5-4-6-15(20)8-14)10-17-23(12-25)21(3)11-18(26)24(16)17/h4-6,8,12-13,16-17H,7,9-11H2,1-3H3/t16-,17?/m0/s1. The fourth-order valence-corrected chi connectivity index (χ4v) is 4.07. The minimum atomic E-state index is -0.563. The summed E-state index contributed by atoms with van der Waals surface area (Å²) in [5, 5.41) is 3.72. The van der Waals surface area contributed by atoms with Crippen LogP contribution in [0.5, 0.6) is 0 Å². The average Bonchev–Trinajstić information content (AvgIpc) is 2.58. The highest BCUT2D eigenvalue weighted by atomic mass is 35.5. The van der Waals surface area contributed by atoms with Gasteiger partial charge in [0.05, 0.1) is 13.1 Å². The van der Waals surface area contributed by atoms with Crippen LogP contribution in [0.2, 0.25) is 5.02 Å². The van der Waals surface area contributed by atoms with Crippen LogP contribution in [0.1, 0.15) is 25.8 Å². The van der Waals surface area contributed by atoms with Gasteiger partial charge in [-0.3, -0.25) is 19.4 Å². The van der Waals surface area contributed by atoms with Gasteiger partial charge in [-0.2, -0.15) is 0 Å². The number of amides is 3. The van der Waals surface area contributed by atoms with E-state index in [0.717, 1.165) is 12.0 Å². The molecule has 0 spiro atoms. The zero-order valence-electron chi connectivity index (χ0n) is 15.8. The molecular weight excluding hydrogens is 368 g/mol. The molecule has 2 fully saturated rings. The summed E-state index contributed by atoms with van der Waals surface area (Å²) in [5.74, 6) is 0.0357. The lowest BCUT2D eigenvalue weighted by molar-refractivity contribution is -0.197. The summed E-state index contributed by atoms with van der Waals surface area (Å²) in [6, 6.07) is 6.81. The Labute approximate surface area is 164 Å². The number of fused-ring (bicyclic) bond motifs is 1. The zero-order valence-corrected chi connectivity index (χ0v) is 16.6. The van der Waals surface area contributed by atoms with Crippen LogP contribution in [0.3, 0.4) is 0 Å². The first-order chi connectivity index (χ1) is 12.8. The van der Waals surface area contributed by atoms with Crippen LogP contribution >= 0.6 is 11.6 Å². The number of halogens is 1. The van der Waals surface area contributed by atoms with Gasteiger partial charge in [0, 0.05) is 18.6 Å². The van der Waals surface area contributed by atoms with Crippen LogP contribution in [0.4, 0.5) is 0 Å². The van der Waals surface area contributed by atoms with Crippen LogP contribution < -0.4 is 0 Å². The lowest BCUT2D eigenvalue weighted by Crippen LogP contribution is -2.74. The fraction of sp³-hybridized carbons (Fsp3) is 0.526. The van der Waals surface area contributed by atoms with E-state index in [-0.39, 0.29) is 30.8 Å². The van der Waals surface area contributed by atoms with E-state index in [0.29, 0.717) is 18.0 Å². The summed E-state index contributed by atoms with van der Waals surface area (Å²) in [6.07, 6.45) is 0.794. The van der Waals surface area contributed by atoms with Crippen molar-refractivity contribution in [1.29, 1.82) is 0 Å². The quantitative estimate of drug-likeness (QED) is 0.713. The molecule has 1 aromatic rings. The number of hydrogen-bond donors (Lipinski definition) is 0. The van der Waals surface area contributed by atoms with Gasteiger partial charge in [0.1, 0.15) is 12.2 Å². The van der Waals surface area contributed by atoms with E-state index < -0.39 is 12.2 Å². The minimum Gasteiger partial charge on any atom is -0.333 e. The molecule has 3 amide bonds. The van der Waals surface area contributed by atoms with E-state index in [1.807, 2.05) is 32.0 Å². The summed E-state index contributed by atoms with van der Waals surface area (Å²) >= 11 is 6.07. The summed E-state index contributed by atoms with van der Waals surface area (Å²) < 4.78 is 0. The van der Waals surface area contributed by atoms with Gasteiger partial charge in [-0.15, -0.1) is 0 Å². The van der Waals surface area contributed by atoms with E-state index in [1.54, 1.807) is 27.9 Å². The van der Waals surface area contributed by atoms with E-state index in [4.69, 9.17) is 11.6 Å². The van der Waals surface area contributed by atoms with Crippen molar-refractivity contribution in [1.82, 2.24) is 19.8 Å². The van der Waals surface area contributed by atoms with Crippen LogP contribution in [-0.2, 0) is 20.9 Å². The number of rotatable bonds is 5. The molecule has 2 heterocycles. The maximum absolute atomic E-state index is 13.2. The van der Waals surface area contributed by atoms with Crippen LogP contribution in [0, 0.1) is 5.92 Å². The Balaban J connectivity index is 1.93. The Morgan fingerprint density at radius 3 is 2.67 bits per heavy atom. The Kier molecular flexibility index (Phi) is 5.72. The highest BCUT2D eigenvalue weighted by Crippen LogP contribution is 2.29. The van der Waals surface area contributed by atoms with Gasteiger partial charge >= 0.3 is 0 Å². The van der Waals surface area contributed by atoms with Crippen LogP contribution in [-0.4, -0.2) is 70.4 Å². The van der Waals surface area contributed by atoms with E-state index in [1.165, 1.54) is 5.01 Å². The molecule has 0 aromatic heterocycles. The molecule has 0 radical (unpaired) electrons. The van der Waals surface area contributed by atoms with Crippen molar-refractivity contribution in [3.05, 3.63) is 34.9 Å². The maximum Gasteiger partial charge on any atom is 0.245 e. The van der Waals surface area contributed by atoms with Crippen molar-refractivity contribution >= 4 is 29.8 Å². The first-order valence-electron chi connectivity index (χ1n) is 9.11. The van der Waals surface area contributed by atoms with Crippen molar-refractivity contribution < 1.29 is 14.4 Å². The third-order valence-corrected chi connectivity index (χ3v) is 5.29. The second-order valence-corrected chi connectivity index (χ2v) is 8.01. The largest absolute Gasteiger partial charge is 0.333 e. The highest BCUT2D eigenvalue weighted by Gasteiger charge is 2.48. The molecule has 2 aliphatic heterocycles. The van der Waals surface area contributed by atoms with Crippen molar-refractivity contribution in [2.45, 2.75) is 39.0 Å². The van der Waals surface area contributed by atoms with Gasteiger partial charge in [0.2, 0.25) is 18.2 Å². The Bertz CT molecular complexity index is 741. The van der Waals surface area contributed by atoms with Crippen molar-refractivity contribution in [3.8, 4) is 0 Å². The monoisotopic (exact) mass is 392 g/mol. The molecule has 27 heavy (non-hydrogen) atoms. The smallest absolute Gasteiger partial charge is 0.245 e. The molecule has 0 N–H and O–H groups in total.